The van der Waals surface area contributed by atoms with E-state index in [4.69, 9.17) is 11.6 Å². The van der Waals surface area contributed by atoms with Crippen LogP contribution in [0.4, 0.5) is 0 Å². The van der Waals surface area contributed by atoms with Crippen LogP contribution in [-0.4, -0.2) is 10.8 Å². The Morgan fingerprint density at radius 3 is 2.65 bits per heavy atom. The summed E-state index contributed by atoms with van der Waals surface area (Å²) in [6.07, 6.45) is 3.26. The van der Waals surface area contributed by atoms with E-state index in [2.05, 4.69) is 4.98 Å². The molecule has 1 heterocycles. The second-order valence-electron chi connectivity index (χ2n) is 5.58. The predicted molar refractivity (Wildman–Crippen MR) is 96.0 cm³/mol. The third-order valence-corrected chi connectivity index (χ3v) is 4.05. The fourth-order valence-electron chi connectivity index (χ4n) is 2.52. The van der Waals surface area contributed by atoms with E-state index >= 15 is 0 Å². The lowest BCUT2D eigenvalue weighted by Crippen LogP contribution is -1.94. The highest BCUT2D eigenvalue weighted by molar-refractivity contribution is 6.31. The van der Waals surface area contributed by atoms with Crippen molar-refractivity contribution in [3.8, 4) is 0 Å². The molecule has 0 radical (unpaired) electrons. The predicted octanol–water partition coefficient (Wildman–Crippen LogP) is 5.40. The summed E-state index contributed by atoms with van der Waals surface area (Å²) in [7, 11) is 0. The van der Waals surface area contributed by atoms with Gasteiger partial charge in [0, 0.05) is 16.5 Å². The van der Waals surface area contributed by atoms with Crippen molar-refractivity contribution < 1.29 is 4.79 Å². The highest BCUT2D eigenvalue weighted by Gasteiger charge is 2.06. The number of halogens is 1. The van der Waals surface area contributed by atoms with Crippen molar-refractivity contribution in [3.05, 3.63) is 82.0 Å². The molecule has 0 amide bonds. The zero-order valence-corrected chi connectivity index (χ0v) is 13.8. The van der Waals surface area contributed by atoms with Crippen molar-refractivity contribution in [1.29, 1.82) is 0 Å². The molecule has 0 aliphatic rings. The van der Waals surface area contributed by atoms with Gasteiger partial charge in [-0.15, -0.1) is 0 Å². The SMILES string of the molecule is Cc1cccc(C(=O)/C=C/c2cc3cccc(C)c3nc2Cl)c1. The number of carbonyl (C=O) groups is 1. The summed E-state index contributed by atoms with van der Waals surface area (Å²) in [6, 6.07) is 15.5. The number of hydrogen-bond donors (Lipinski definition) is 0. The van der Waals surface area contributed by atoms with E-state index in [0.717, 1.165) is 27.6 Å². The molecule has 23 heavy (non-hydrogen) atoms. The minimum absolute atomic E-state index is 0.0471. The molecule has 0 N–H and O–H groups in total. The van der Waals surface area contributed by atoms with Gasteiger partial charge in [0.05, 0.1) is 5.52 Å². The summed E-state index contributed by atoms with van der Waals surface area (Å²) in [6.45, 7) is 3.97. The van der Waals surface area contributed by atoms with Crippen LogP contribution in [0, 0.1) is 13.8 Å². The van der Waals surface area contributed by atoms with Gasteiger partial charge < -0.3 is 0 Å². The smallest absolute Gasteiger partial charge is 0.185 e. The van der Waals surface area contributed by atoms with Crippen LogP contribution in [0.15, 0.2) is 54.6 Å². The molecule has 2 nitrogen and oxygen atoms in total. The molecule has 2 aromatic carbocycles. The maximum Gasteiger partial charge on any atom is 0.185 e. The number of pyridine rings is 1. The van der Waals surface area contributed by atoms with E-state index in [1.807, 2.05) is 62.4 Å². The highest BCUT2D eigenvalue weighted by Crippen LogP contribution is 2.24. The van der Waals surface area contributed by atoms with Crippen molar-refractivity contribution in [2.24, 2.45) is 0 Å². The number of hydrogen-bond acceptors (Lipinski definition) is 2. The van der Waals surface area contributed by atoms with Gasteiger partial charge in [-0.1, -0.05) is 53.6 Å². The number of aromatic nitrogens is 1. The Bertz CT molecular complexity index is 928. The van der Waals surface area contributed by atoms with Gasteiger partial charge in [0.25, 0.3) is 0 Å². The van der Waals surface area contributed by atoms with Crippen LogP contribution in [0.3, 0.4) is 0 Å². The summed E-state index contributed by atoms with van der Waals surface area (Å²) in [5.41, 5.74) is 4.44. The first kappa shape index (κ1) is 15.4. The summed E-state index contributed by atoms with van der Waals surface area (Å²) in [5, 5.41) is 1.41. The van der Waals surface area contributed by atoms with Crippen LogP contribution in [0.2, 0.25) is 5.15 Å². The van der Waals surface area contributed by atoms with Crippen molar-refractivity contribution in [2.45, 2.75) is 13.8 Å². The van der Waals surface area contributed by atoms with Gasteiger partial charge in [-0.3, -0.25) is 4.79 Å². The van der Waals surface area contributed by atoms with Crippen molar-refractivity contribution in [2.75, 3.05) is 0 Å². The lowest BCUT2D eigenvalue weighted by molar-refractivity contribution is 0.104. The van der Waals surface area contributed by atoms with E-state index in [1.165, 1.54) is 0 Å². The number of rotatable bonds is 3. The van der Waals surface area contributed by atoms with Crippen LogP contribution >= 0.6 is 11.6 Å². The number of para-hydroxylation sites is 1. The Morgan fingerprint density at radius 1 is 1.09 bits per heavy atom. The third-order valence-electron chi connectivity index (χ3n) is 3.75. The minimum atomic E-state index is -0.0471. The summed E-state index contributed by atoms with van der Waals surface area (Å²) < 4.78 is 0. The van der Waals surface area contributed by atoms with Gasteiger partial charge in [0.15, 0.2) is 5.78 Å². The molecule has 114 valence electrons. The number of ketones is 1. The molecular formula is C20H16ClNO. The number of aryl methyl sites for hydroxylation is 2. The number of allylic oxidation sites excluding steroid dienone is 1. The van der Waals surface area contributed by atoms with Crippen LogP contribution in [0.1, 0.15) is 27.0 Å². The van der Waals surface area contributed by atoms with Crippen LogP contribution in [0.5, 0.6) is 0 Å². The lowest BCUT2D eigenvalue weighted by Gasteiger charge is -2.04. The molecule has 0 fully saturated rings. The van der Waals surface area contributed by atoms with E-state index in [9.17, 15) is 4.79 Å². The molecule has 0 saturated heterocycles. The minimum Gasteiger partial charge on any atom is -0.289 e. The lowest BCUT2D eigenvalue weighted by atomic mass is 10.1. The highest BCUT2D eigenvalue weighted by atomic mass is 35.5. The fraction of sp³-hybridized carbons (Fsp3) is 0.100. The topological polar surface area (TPSA) is 30.0 Å². The van der Waals surface area contributed by atoms with Crippen molar-refractivity contribution in [1.82, 2.24) is 4.98 Å². The van der Waals surface area contributed by atoms with Crippen LogP contribution in [0.25, 0.3) is 17.0 Å². The first-order valence-corrected chi connectivity index (χ1v) is 7.77. The average molecular weight is 322 g/mol. The summed E-state index contributed by atoms with van der Waals surface area (Å²) in [5.74, 6) is -0.0471. The van der Waals surface area contributed by atoms with Gasteiger partial charge >= 0.3 is 0 Å². The Labute approximate surface area is 140 Å². The molecule has 0 bridgehead atoms. The number of benzene rings is 2. The third kappa shape index (κ3) is 3.33. The summed E-state index contributed by atoms with van der Waals surface area (Å²) in [4.78, 5) is 16.7. The van der Waals surface area contributed by atoms with Crippen molar-refractivity contribution in [3.63, 3.8) is 0 Å². The van der Waals surface area contributed by atoms with E-state index in [-0.39, 0.29) is 5.78 Å². The average Bonchev–Trinajstić information content (AvgIpc) is 2.53. The Morgan fingerprint density at radius 2 is 1.87 bits per heavy atom. The Balaban J connectivity index is 1.95. The number of carbonyl (C=O) groups excluding carboxylic acids is 1. The molecule has 0 spiro atoms. The molecule has 0 saturated carbocycles. The monoisotopic (exact) mass is 321 g/mol. The molecule has 0 unspecified atom stereocenters. The van der Waals surface area contributed by atoms with Crippen LogP contribution < -0.4 is 0 Å². The van der Waals surface area contributed by atoms with Gasteiger partial charge in [0.2, 0.25) is 0 Å². The fourth-order valence-corrected chi connectivity index (χ4v) is 2.72. The Hall–Kier alpha value is -2.45. The Kier molecular flexibility index (Phi) is 4.26. The molecule has 0 aliphatic heterocycles. The molecule has 3 heteroatoms. The van der Waals surface area contributed by atoms with E-state index < -0.39 is 0 Å². The maximum atomic E-state index is 12.2. The maximum absolute atomic E-state index is 12.2. The van der Waals surface area contributed by atoms with Gasteiger partial charge in [0.1, 0.15) is 5.15 Å². The number of fused-ring (bicyclic) bond motifs is 1. The van der Waals surface area contributed by atoms with Gasteiger partial charge in [-0.05, 0) is 43.7 Å². The van der Waals surface area contributed by atoms with Crippen LogP contribution in [-0.2, 0) is 0 Å². The summed E-state index contributed by atoms with van der Waals surface area (Å²) >= 11 is 6.26. The molecule has 0 aliphatic carbocycles. The number of nitrogens with zero attached hydrogens (tertiary/aromatic N) is 1. The molecule has 0 atom stereocenters. The van der Waals surface area contributed by atoms with Gasteiger partial charge in [-0.25, -0.2) is 4.98 Å². The zero-order valence-electron chi connectivity index (χ0n) is 13.0. The van der Waals surface area contributed by atoms with Gasteiger partial charge in [-0.2, -0.15) is 0 Å². The zero-order chi connectivity index (χ0) is 16.4. The molecule has 3 rings (SSSR count). The van der Waals surface area contributed by atoms with E-state index in [1.54, 1.807) is 12.2 Å². The molecule has 1 aromatic heterocycles. The first-order valence-electron chi connectivity index (χ1n) is 7.39. The standard InChI is InChI=1S/C20H16ClNO/c1-13-5-3-7-15(11-13)18(23)10-9-17-12-16-8-4-6-14(2)19(16)22-20(17)21/h3-12H,1-2H3/b10-9+. The second kappa shape index (κ2) is 6.35. The van der Waals surface area contributed by atoms with Crippen molar-refractivity contribution >= 4 is 34.4 Å². The van der Waals surface area contributed by atoms with E-state index in [0.29, 0.717) is 10.7 Å². The second-order valence-corrected chi connectivity index (χ2v) is 5.94. The quantitative estimate of drug-likeness (QED) is 0.367. The first-order chi connectivity index (χ1) is 11.0. The largest absolute Gasteiger partial charge is 0.289 e. The normalized spacial score (nSPS) is 11.3. The molecular weight excluding hydrogens is 306 g/mol. The molecule has 3 aromatic rings.